The maximum atomic E-state index is 13.7. The third-order valence-electron chi connectivity index (χ3n) is 3.93. The maximum Gasteiger partial charge on any atom is 0.454 e. The van der Waals surface area contributed by atoms with Crippen molar-refractivity contribution in [3.63, 3.8) is 0 Å². The highest BCUT2D eigenvalue weighted by molar-refractivity contribution is 7.33. The van der Waals surface area contributed by atoms with Crippen LogP contribution in [0.25, 0.3) is 0 Å². The SMILES string of the molecule is C=CCCCCCCCC(PO)(C(F)(F)C(F)(F)F)C(F)(F)C(F)(F)F. The predicted octanol–water partition coefficient (Wildman–Crippen LogP) is 6.62. The first kappa shape index (κ1) is 25.4. The fourth-order valence-corrected chi connectivity index (χ4v) is 3.25. The molecule has 0 saturated carbocycles. The Balaban J connectivity index is 5.59. The average Bonchev–Trinajstić information content (AvgIpc) is 2.47. The van der Waals surface area contributed by atoms with E-state index < -0.39 is 51.0 Å². The van der Waals surface area contributed by atoms with Gasteiger partial charge in [0, 0.05) is 8.81 Å². The van der Waals surface area contributed by atoms with Crippen molar-refractivity contribution in [3.05, 3.63) is 12.7 Å². The van der Waals surface area contributed by atoms with Gasteiger partial charge in [-0.2, -0.15) is 43.9 Å². The second-order valence-electron chi connectivity index (χ2n) is 5.76. The van der Waals surface area contributed by atoms with Crippen LogP contribution >= 0.6 is 8.81 Å². The van der Waals surface area contributed by atoms with E-state index in [0.29, 0.717) is 19.3 Å². The van der Waals surface area contributed by atoms with E-state index in [9.17, 15) is 43.9 Å². The number of hydrogen-bond donors (Lipinski definition) is 1. The zero-order valence-electron chi connectivity index (χ0n) is 13.5. The Morgan fingerprint density at radius 3 is 1.42 bits per heavy atom. The van der Waals surface area contributed by atoms with Gasteiger partial charge in [-0.3, -0.25) is 0 Å². The van der Waals surface area contributed by atoms with Gasteiger partial charge in [-0.05, 0) is 19.3 Å². The van der Waals surface area contributed by atoms with Crippen molar-refractivity contribution in [2.75, 3.05) is 0 Å². The summed E-state index contributed by atoms with van der Waals surface area (Å²) in [4.78, 5) is 8.90. The lowest BCUT2D eigenvalue weighted by Crippen LogP contribution is -2.67. The molecule has 0 amide bonds. The zero-order chi connectivity index (χ0) is 20.9. The summed E-state index contributed by atoms with van der Waals surface area (Å²) < 4.78 is 130. The monoisotopic (exact) mass is 424 g/mol. The lowest BCUT2D eigenvalue weighted by Gasteiger charge is -2.44. The molecule has 1 unspecified atom stereocenters. The molecule has 0 saturated heterocycles. The number of allylic oxidation sites excluding steroid dienone is 1. The first-order valence-corrected chi connectivity index (χ1v) is 8.48. The van der Waals surface area contributed by atoms with Crippen molar-refractivity contribution in [3.8, 4) is 0 Å². The molecule has 156 valence electrons. The van der Waals surface area contributed by atoms with Crippen LogP contribution in [0, 0.1) is 0 Å². The van der Waals surface area contributed by atoms with E-state index in [1.54, 1.807) is 6.08 Å². The number of alkyl halides is 10. The molecular formula is C14H19F10OP. The Morgan fingerprint density at radius 1 is 0.692 bits per heavy atom. The van der Waals surface area contributed by atoms with E-state index in [2.05, 4.69) is 6.58 Å². The van der Waals surface area contributed by atoms with Gasteiger partial charge in [0.25, 0.3) is 0 Å². The number of halogens is 10. The van der Waals surface area contributed by atoms with Crippen LogP contribution in [0.15, 0.2) is 12.7 Å². The molecule has 1 atom stereocenters. The summed E-state index contributed by atoms with van der Waals surface area (Å²) in [6, 6.07) is 0. The first-order chi connectivity index (χ1) is 11.6. The van der Waals surface area contributed by atoms with Crippen LogP contribution in [0.4, 0.5) is 43.9 Å². The van der Waals surface area contributed by atoms with Crippen LogP contribution in [-0.2, 0) is 0 Å². The Labute approximate surface area is 145 Å². The van der Waals surface area contributed by atoms with Crippen LogP contribution in [-0.4, -0.2) is 34.2 Å². The molecular weight excluding hydrogens is 405 g/mol. The molecule has 0 heterocycles. The minimum absolute atomic E-state index is 0.134. The van der Waals surface area contributed by atoms with Gasteiger partial charge < -0.3 is 4.89 Å². The molecule has 0 aliphatic heterocycles. The van der Waals surface area contributed by atoms with Crippen molar-refractivity contribution >= 4 is 8.81 Å². The lowest BCUT2D eigenvalue weighted by molar-refractivity contribution is -0.362. The Morgan fingerprint density at radius 2 is 1.08 bits per heavy atom. The summed E-state index contributed by atoms with van der Waals surface area (Å²) in [6.07, 6.45) is -12.6. The van der Waals surface area contributed by atoms with Gasteiger partial charge in [-0.1, -0.05) is 31.8 Å². The van der Waals surface area contributed by atoms with Crippen molar-refractivity contribution in [2.24, 2.45) is 0 Å². The van der Waals surface area contributed by atoms with Crippen molar-refractivity contribution in [2.45, 2.75) is 74.3 Å². The fraction of sp³-hybridized carbons (Fsp3) is 0.857. The third kappa shape index (κ3) is 5.03. The quantitative estimate of drug-likeness (QED) is 0.171. The van der Waals surface area contributed by atoms with Gasteiger partial charge in [0.2, 0.25) is 0 Å². The molecule has 0 bridgehead atoms. The molecule has 0 aromatic carbocycles. The second-order valence-corrected chi connectivity index (χ2v) is 6.83. The van der Waals surface area contributed by atoms with Crippen molar-refractivity contribution < 1.29 is 48.8 Å². The Bertz CT molecular complexity index is 418. The van der Waals surface area contributed by atoms with E-state index in [1.807, 2.05) is 0 Å². The van der Waals surface area contributed by atoms with Crippen molar-refractivity contribution in [1.82, 2.24) is 0 Å². The van der Waals surface area contributed by atoms with Gasteiger partial charge in [-0.25, -0.2) is 0 Å². The summed E-state index contributed by atoms with van der Waals surface area (Å²) >= 11 is 0. The normalized spacial score (nSPS) is 15.0. The first-order valence-electron chi connectivity index (χ1n) is 7.53. The van der Waals surface area contributed by atoms with Crippen LogP contribution in [0.5, 0.6) is 0 Å². The van der Waals surface area contributed by atoms with E-state index >= 15 is 0 Å². The topological polar surface area (TPSA) is 20.2 Å². The molecule has 0 rings (SSSR count). The van der Waals surface area contributed by atoms with Crippen molar-refractivity contribution in [1.29, 1.82) is 0 Å². The molecule has 0 aromatic heterocycles. The Kier molecular flexibility index (Phi) is 8.88. The van der Waals surface area contributed by atoms with Gasteiger partial charge in [0.1, 0.15) is 0 Å². The summed E-state index contributed by atoms with van der Waals surface area (Å²) in [5.74, 6) is -12.9. The summed E-state index contributed by atoms with van der Waals surface area (Å²) in [5.41, 5.74) is 0. The zero-order valence-corrected chi connectivity index (χ0v) is 14.5. The predicted molar refractivity (Wildman–Crippen MR) is 77.8 cm³/mol. The highest BCUT2D eigenvalue weighted by Gasteiger charge is 2.84. The molecule has 0 aromatic rings. The third-order valence-corrected chi connectivity index (χ3v) is 5.19. The maximum absolute atomic E-state index is 13.7. The van der Waals surface area contributed by atoms with Gasteiger partial charge in [0.05, 0.1) is 0 Å². The van der Waals surface area contributed by atoms with Crippen LogP contribution < -0.4 is 0 Å². The van der Waals surface area contributed by atoms with Gasteiger partial charge in [0.15, 0.2) is 5.16 Å². The Hall–Kier alpha value is -0.570. The standard InChI is InChI=1S/C14H19F10OP/c1-2-3-4-5-6-7-8-9-10(26-25,11(15,16)13(19,20)21)12(17,18)14(22,23)24/h2,25-26H,1,3-9H2. The number of hydrogen-bond acceptors (Lipinski definition) is 1. The van der Waals surface area contributed by atoms with Crippen LogP contribution in [0.2, 0.25) is 0 Å². The van der Waals surface area contributed by atoms with Gasteiger partial charge in [-0.15, -0.1) is 6.58 Å². The minimum Gasteiger partial charge on any atom is -0.376 e. The van der Waals surface area contributed by atoms with E-state index in [-0.39, 0.29) is 12.8 Å². The smallest absolute Gasteiger partial charge is 0.376 e. The molecule has 0 aliphatic carbocycles. The number of unbranched alkanes of at least 4 members (excludes halogenated alkanes) is 5. The molecule has 1 nitrogen and oxygen atoms in total. The molecule has 1 N–H and O–H groups in total. The number of rotatable bonds is 11. The summed E-state index contributed by atoms with van der Waals surface area (Å²) in [7, 11) is -2.97. The molecule has 12 heteroatoms. The highest BCUT2D eigenvalue weighted by Crippen LogP contribution is 2.64. The average molecular weight is 424 g/mol. The molecule has 0 radical (unpaired) electrons. The fourth-order valence-electron chi connectivity index (χ4n) is 2.40. The molecule has 0 spiro atoms. The van der Waals surface area contributed by atoms with Crippen LogP contribution in [0.3, 0.4) is 0 Å². The highest BCUT2D eigenvalue weighted by atomic mass is 31.1. The summed E-state index contributed by atoms with van der Waals surface area (Å²) in [5, 5.41) is -5.00. The second kappa shape index (κ2) is 9.08. The van der Waals surface area contributed by atoms with Gasteiger partial charge >= 0.3 is 24.2 Å². The van der Waals surface area contributed by atoms with E-state index in [1.165, 1.54) is 0 Å². The van der Waals surface area contributed by atoms with Crippen LogP contribution in [0.1, 0.15) is 44.9 Å². The minimum atomic E-state index is -6.68. The van der Waals surface area contributed by atoms with E-state index in [4.69, 9.17) is 4.89 Å². The lowest BCUT2D eigenvalue weighted by atomic mass is 9.85. The molecule has 26 heavy (non-hydrogen) atoms. The van der Waals surface area contributed by atoms with E-state index in [0.717, 1.165) is 0 Å². The molecule has 0 aliphatic rings. The largest absolute Gasteiger partial charge is 0.454 e. The summed E-state index contributed by atoms with van der Waals surface area (Å²) in [6.45, 7) is 3.43. The molecule has 0 fully saturated rings.